The summed E-state index contributed by atoms with van der Waals surface area (Å²) in [6.07, 6.45) is 2.04. The molecule has 4 heteroatoms. The molecule has 1 N–H and O–H groups in total. The highest BCUT2D eigenvalue weighted by molar-refractivity contribution is 5.91. The van der Waals surface area contributed by atoms with Gasteiger partial charge in [0.05, 0.1) is 6.54 Å². The van der Waals surface area contributed by atoms with E-state index in [4.69, 9.17) is 4.42 Å². The molecule has 2 aromatic rings. The van der Waals surface area contributed by atoms with E-state index in [1.54, 1.807) is 6.07 Å². The summed E-state index contributed by atoms with van der Waals surface area (Å²) in [5.41, 5.74) is 2.56. The van der Waals surface area contributed by atoms with Crippen molar-refractivity contribution in [1.82, 2.24) is 10.2 Å². The van der Waals surface area contributed by atoms with Crippen LogP contribution in [0.3, 0.4) is 0 Å². The molecule has 1 amide bonds. The first-order valence-corrected chi connectivity index (χ1v) is 9.16. The molecule has 2 rings (SSSR count). The zero-order valence-corrected chi connectivity index (χ0v) is 15.8. The number of amides is 1. The standard InChI is InChI=1S/C21H30N2O2/c1-5-6-12-22-21(24)20-11-10-19(25-20)15-23(16(2)3)14-18-9-7-8-17(4)13-18/h7-11,13,16H,5-6,12,14-15H2,1-4H3,(H,22,24). The van der Waals surface area contributed by atoms with Gasteiger partial charge in [-0.05, 0) is 44.9 Å². The first-order chi connectivity index (χ1) is 12.0. The number of hydrogen-bond donors (Lipinski definition) is 1. The summed E-state index contributed by atoms with van der Waals surface area (Å²) in [7, 11) is 0. The SMILES string of the molecule is CCCCNC(=O)c1ccc(CN(Cc2cccc(C)c2)C(C)C)o1. The summed E-state index contributed by atoms with van der Waals surface area (Å²) in [5, 5.41) is 2.89. The number of carbonyl (C=O) groups is 1. The summed E-state index contributed by atoms with van der Waals surface area (Å²) in [5.74, 6) is 1.09. The molecule has 0 fully saturated rings. The number of aryl methyl sites for hydroxylation is 1. The van der Waals surface area contributed by atoms with Gasteiger partial charge in [-0.3, -0.25) is 9.69 Å². The van der Waals surface area contributed by atoms with E-state index in [-0.39, 0.29) is 5.91 Å². The van der Waals surface area contributed by atoms with Crippen LogP contribution in [0.15, 0.2) is 40.8 Å². The lowest BCUT2D eigenvalue weighted by Gasteiger charge is -2.25. The molecule has 1 aromatic carbocycles. The molecule has 0 atom stereocenters. The van der Waals surface area contributed by atoms with Crippen molar-refractivity contribution in [2.45, 2.75) is 59.7 Å². The minimum atomic E-state index is -0.130. The van der Waals surface area contributed by atoms with Gasteiger partial charge in [0.1, 0.15) is 5.76 Å². The van der Waals surface area contributed by atoms with Crippen molar-refractivity contribution in [2.75, 3.05) is 6.54 Å². The maximum atomic E-state index is 12.1. The lowest BCUT2D eigenvalue weighted by molar-refractivity contribution is 0.0920. The smallest absolute Gasteiger partial charge is 0.286 e. The predicted octanol–water partition coefficient (Wildman–Crippen LogP) is 4.53. The van der Waals surface area contributed by atoms with Crippen LogP contribution in [0, 0.1) is 6.92 Å². The highest BCUT2D eigenvalue weighted by Crippen LogP contribution is 2.16. The average molecular weight is 342 g/mol. The molecule has 25 heavy (non-hydrogen) atoms. The van der Waals surface area contributed by atoms with Gasteiger partial charge in [-0.15, -0.1) is 0 Å². The van der Waals surface area contributed by atoms with Gasteiger partial charge in [0.25, 0.3) is 5.91 Å². The molecule has 0 aliphatic carbocycles. The third-order valence-corrected chi connectivity index (χ3v) is 4.26. The van der Waals surface area contributed by atoms with Crippen LogP contribution in [0.4, 0.5) is 0 Å². The van der Waals surface area contributed by atoms with Crippen molar-refractivity contribution < 1.29 is 9.21 Å². The summed E-state index contributed by atoms with van der Waals surface area (Å²) < 4.78 is 5.76. The molecule has 0 saturated carbocycles. The molecular formula is C21H30N2O2. The van der Waals surface area contributed by atoms with Crippen LogP contribution in [0.1, 0.15) is 61.1 Å². The van der Waals surface area contributed by atoms with Gasteiger partial charge in [0, 0.05) is 19.1 Å². The normalized spacial score (nSPS) is 11.3. The summed E-state index contributed by atoms with van der Waals surface area (Å²) in [4.78, 5) is 14.4. The van der Waals surface area contributed by atoms with Crippen molar-refractivity contribution in [2.24, 2.45) is 0 Å². The topological polar surface area (TPSA) is 45.5 Å². The minimum Gasteiger partial charge on any atom is -0.455 e. The van der Waals surface area contributed by atoms with E-state index < -0.39 is 0 Å². The van der Waals surface area contributed by atoms with E-state index in [1.807, 2.05) is 6.07 Å². The Balaban J connectivity index is 1.99. The van der Waals surface area contributed by atoms with Crippen LogP contribution < -0.4 is 5.32 Å². The molecule has 1 heterocycles. The monoisotopic (exact) mass is 342 g/mol. The van der Waals surface area contributed by atoms with Gasteiger partial charge < -0.3 is 9.73 Å². The molecule has 0 bridgehead atoms. The molecule has 0 aliphatic rings. The molecule has 0 aliphatic heterocycles. The van der Waals surface area contributed by atoms with Crippen molar-refractivity contribution in [1.29, 1.82) is 0 Å². The van der Waals surface area contributed by atoms with E-state index >= 15 is 0 Å². The number of furan rings is 1. The van der Waals surface area contributed by atoms with Gasteiger partial charge in [0.2, 0.25) is 0 Å². The lowest BCUT2D eigenvalue weighted by atomic mass is 10.1. The second-order valence-electron chi connectivity index (χ2n) is 6.86. The molecule has 0 saturated heterocycles. The first kappa shape index (κ1) is 19.3. The summed E-state index contributed by atoms with van der Waals surface area (Å²) >= 11 is 0. The van der Waals surface area contributed by atoms with Crippen molar-refractivity contribution >= 4 is 5.91 Å². The number of carbonyl (C=O) groups excluding carboxylic acids is 1. The van der Waals surface area contributed by atoms with Crippen molar-refractivity contribution in [3.8, 4) is 0 Å². The van der Waals surface area contributed by atoms with Gasteiger partial charge in [-0.25, -0.2) is 0 Å². The zero-order valence-electron chi connectivity index (χ0n) is 15.8. The summed E-state index contributed by atoms with van der Waals surface area (Å²) in [6.45, 7) is 10.8. The van der Waals surface area contributed by atoms with Crippen LogP contribution in [-0.2, 0) is 13.1 Å². The molecule has 136 valence electrons. The Morgan fingerprint density at radius 1 is 1.20 bits per heavy atom. The van der Waals surface area contributed by atoms with Crippen LogP contribution in [0.2, 0.25) is 0 Å². The fourth-order valence-corrected chi connectivity index (χ4v) is 2.72. The molecule has 4 nitrogen and oxygen atoms in total. The number of rotatable bonds is 9. The average Bonchev–Trinajstić information content (AvgIpc) is 3.03. The summed E-state index contributed by atoms with van der Waals surface area (Å²) in [6, 6.07) is 12.6. The Morgan fingerprint density at radius 2 is 2.00 bits per heavy atom. The van der Waals surface area contributed by atoms with Gasteiger partial charge in [0.15, 0.2) is 5.76 Å². The maximum absolute atomic E-state index is 12.1. The zero-order chi connectivity index (χ0) is 18.2. The second kappa shape index (κ2) is 9.42. The number of hydrogen-bond acceptors (Lipinski definition) is 3. The number of benzene rings is 1. The quantitative estimate of drug-likeness (QED) is 0.681. The van der Waals surface area contributed by atoms with Crippen molar-refractivity contribution in [3.63, 3.8) is 0 Å². The van der Waals surface area contributed by atoms with E-state index in [1.165, 1.54) is 11.1 Å². The molecule has 0 radical (unpaired) electrons. The highest BCUT2D eigenvalue weighted by Gasteiger charge is 2.15. The fraction of sp³-hybridized carbons (Fsp3) is 0.476. The molecule has 0 spiro atoms. The Bertz CT molecular complexity index is 676. The Morgan fingerprint density at radius 3 is 2.68 bits per heavy atom. The second-order valence-corrected chi connectivity index (χ2v) is 6.86. The number of nitrogens with zero attached hydrogens (tertiary/aromatic N) is 1. The van der Waals surface area contributed by atoms with Crippen molar-refractivity contribution in [3.05, 3.63) is 59.0 Å². The fourth-order valence-electron chi connectivity index (χ4n) is 2.72. The van der Waals surface area contributed by atoms with E-state index in [0.29, 0.717) is 24.9 Å². The Kier molecular flexibility index (Phi) is 7.26. The van der Waals surface area contributed by atoms with E-state index in [9.17, 15) is 4.79 Å². The maximum Gasteiger partial charge on any atom is 0.286 e. The van der Waals surface area contributed by atoms with E-state index in [2.05, 4.69) is 62.2 Å². The van der Waals surface area contributed by atoms with E-state index in [0.717, 1.165) is 25.1 Å². The third-order valence-electron chi connectivity index (χ3n) is 4.26. The minimum absolute atomic E-state index is 0.130. The molecule has 1 aromatic heterocycles. The lowest BCUT2D eigenvalue weighted by Crippen LogP contribution is -2.29. The molecule has 0 unspecified atom stereocenters. The van der Waals surface area contributed by atoms with Crippen LogP contribution in [0.25, 0.3) is 0 Å². The Labute approximate surface area is 151 Å². The van der Waals surface area contributed by atoms with Crippen LogP contribution >= 0.6 is 0 Å². The van der Waals surface area contributed by atoms with Gasteiger partial charge >= 0.3 is 0 Å². The largest absolute Gasteiger partial charge is 0.455 e. The third kappa shape index (κ3) is 6.05. The first-order valence-electron chi connectivity index (χ1n) is 9.16. The number of unbranched alkanes of at least 4 members (excludes halogenated alkanes) is 1. The Hall–Kier alpha value is -2.07. The molecular weight excluding hydrogens is 312 g/mol. The predicted molar refractivity (Wildman–Crippen MR) is 102 cm³/mol. The van der Waals surface area contributed by atoms with Gasteiger partial charge in [-0.1, -0.05) is 43.2 Å². The van der Waals surface area contributed by atoms with Crippen LogP contribution in [-0.4, -0.2) is 23.4 Å². The highest BCUT2D eigenvalue weighted by atomic mass is 16.4. The van der Waals surface area contributed by atoms with Crippen LogP contribution in [0.5, 0.6) is 0 Å². The van der Waals surface area contributed by atoms with Gasteiger partial charge in [-0.2, -0.15) is 0 Å². The number of nitrogens with one attached hydrogen (secondary N) is 1.